The predicted octanol–water partition coefficient (Wildman–Crippen LogP) is 3.92. The fourth-order valence-electron chi connectivity index (χ4n) is 3.42. The SMILES string of the molecule is CC(C)n1ncc2c(C(=O)N3CCCC3)cc(-c3ccccc3)nc21. The van der Waals surface area contributed by atoms with Crippen LogP contribution in [0.1, 0.15) is 43.1 Å². The number of fused-ring (bicyclic) bond motifs is 1. The number of carbonyl (C=O) groups is 1. The van der Waals surface area contributed by atoms with Crippen LogP contribution < -0.4 is 0 Å². The third-order valence-corrected chi connectivity index (χ3v) is 4.75. The van der Waals surface area contributed by atoms with E-state index in [0.29, 0.717) is 5.56 Å². The number of hydrogen-bond donors (Lipinski definition) is 0. The highest BCUT2D eigenvalue weighted by Gasteiger charge is 2.24. The van der Waals surface area contributed by atoms with E-state index >= 15 is 0 Å². The Balaban J connectivity index is 1.92. The normalized spacial score (nSPS) is 14.6. The number of nitrogens with zero attached hydrogens (tertiary/aromatic N) is 4. The standard InChI is InChI=1S/C20H22N4O/c1-14(2)24-19-17(13-21-24)16(20(25)23-10-6-7-11-23)12-18(22-19)15-8-4-3-5-9-15/h3-5,8-9,12-14H,6-7,10-11H2,1-2H3. The molecule has 25 heavy (non-hydrogen) atoms. The second kappa shape index (κ2) is 6.31. The van der Waals surface area contributed by atoms with Gasteiger partial charge in [-0.3, -0.25) is 4.79 Å². The lowest BCUT2D eigenvalue weighted by Crippen LogP contribution is -2.27. The van der Waals surface area contributed by atoms with E-state index in [-0.39, 0.29) is 11.9 Å². The molecule has 3 aromatic rings. The molecule has 0 saturated carbocycles. The molecule has 0 atom stereocenters. The van der Waals surface area contributed by atoms with Gasteiger partial charge in [0.2, 0.25) is 0 Å². The van der Waals surface area contributed by atoms with Crippen molar-refractivity contribution < 1.29 is 4.79 Å². The Hall–Kier alpha value is -2.69. The molecule has 5 heteroatoms. The summed E-state index contributed by atoms with van der Waals surface area (Å²) in [4.78, 5) is 19.9. The minimum Gasteiger partial charge on any atom is -0.339 e. The maximum Gasteiger partial charge on any atom is 0.254 e. The van der Waals surface area contributed by atoms with Gasteiger partial charge in [-0.1, -0.05) is 30.3 Å². The Kier molecular flexibility index (Phi) is 3.99. The Labute approximate surface area is 147 Å². The first-order valence-electron chi connectivity index (χ1n) is 8.88. The maximum absolute atomic E-state index is 13.1. The Morgan fingerprint density at radius 2 is 1.84 bits per heavy atom. The molecule has 4 rings (SSSR count). The van der Waals surface area contributed by atoms with Crippen molar-refractivity contribution in [3.05, 3.63) is 48.2 Å². The summed E-state index contributed by atoms with van der Waals surface area (Å²) >= 11 is 0. The molecular formula is C20H22N4O. The highest BCUT2D eigenvalue weighted by molar-refractivity contribution is 6.06. The van der Waals surface area contributed by atoms with Gasteiger partial charge in [0.25, 0.3) is 5.91 Å². The molecule has 5 nitrogen and oxygen atoms in total. The molecule has 0 aliphatic carbocycles. The van der Waals surface area contributed by atoms with Gasteiger partial charge >= 0.3 is 0 Å². The summed E-state index contributed by atoms with van der Waals surface area (Å²) in [5.74, 6) is 0.0883. The molecule has 0 spiro atoms. The van der Waals surface area contributed by atoms with Crippen LogP contribution in [-0.2, 0) is 0 Å². The summed E-state index contributed by atoms with van der Waals surface area (Å²) in [6.07, 6.45) is 3.94. The minimum atomic E-state index is 0.0883. The van der Waals surface area contributed by atoms with Crippen LogP contribution >= 0.6 is 0 Å². The van der Waals surface area contributed by atoms with Gasteiger partial charge in [0, 0.05) is 24.7 Å². The first-order valence-corrected chi connectivity index (χ1v) is 8.88. The van der Waals surface area contributed by atoms with Crippen LogP contribution in [0.25, 0.3) is 22.3 Å². The lowest BCUT2D eigenvalue weighted by atomic mass is 10.1. The molecule has 1 amide bonds. The summed E-state index contributed by atoms with van der Waals surface area (Å²) in [6, 6.07) is 12.1. The zero-order valence-electron chi connectivity index (χ0n) is 14.6. The van der Waals surface area contributed by atoms with Gasteiger partial charge in [-0.05, 0) is 32.8 Å². The van der Waals surface area contributed by atoms with Crippen LogP contribution in [0.5, 0.6) is 0 Å². The van der Waals surface area contributed by atoms with Crippen LogP contribution in [0, 0.1) is 0 Å². The molecule has 2 aromatic heterocycles. The molecule has 1 fully saturated rings. The fraction of sp³-hybridized carbons (Fsp3) is 0.350. The van der Waals surface area contributed by atoms with E-state index in [4.69, 9.17) is 4.98 Å². The van der Waals surface area contributed by atoms with Crippen molar-refractivity contribution in [2.75, 3.05) is 13.1 Å². The van der Waals surface area contributed by atoms with E-state index in [1.807, 2.05) is 46.0 Å². The molecule has 1 aliphatic heterocycles. The van der Waals surface area contributed by atoms with E-state index < -0.39 is 0 Å². The highest BCUT2D eigenvalue weighted by Crippen LogP contribution is 2.28. The molecule has 128 valence electrons. The number of hydrogen-bond acceptors (Lipinski definition) is 3. The number of aromatic nitrogens is 3. The number of benzene rings is 1. The van der Waals surface area contributed by atoms with Gasteiger partial charge in [0.05, 0.1) is 22.8 Å². The van der Waals surface area contributed by atoms with Crippen molar-refractivity contribution in [1.82, 2.24) is 19.7 Å². The average Bonchev–Trinajstić information content (AvgIpc) is 3.30. The molecule has 0 radical (unpaired) electrons. The third-order valence-electron chi connectivity index (χ3n) is 4.75. The Bertz CT molecular complexity index is 908. The largest absolute Gasteiger partial charge is 0.339 e. The van der Waals surface area contributed by atoms with E-state index in [2.05, 4.69) is 18.9 Å². The van der Waals surface area contributed by atoms with Gasteiger partial charge in [-0.25, -0.2) is 9.67 Å². The van der Waals surface area contributed by atoms with Crippen molar-refractivity contribution in [2.45, 2.75) is 32.7 Å². The smallest absolute Gasteiger partial charge is 0.254 e. The van der Waals surface area contributed by atoms with Crippen molar-refractivity contribution >= 4 is 16.9 Å². The Morgan fingerprint density at radius 3 is 2.52 bits per heavy atom. The van der Waals surface area contributed by atoms with E-state index in [1.165, 1.54) is 0 Å². The lowest BCUT2D eigenvalue weighted by Gasteiger charge is -2.17. The molecule has 3 heterocycles. The molecule has 1 aliphatic rings. The van der Waals surface area contributed by atoms with Crippen molar-refractivity contribution in [3.8, 4) is 11.3 Å². The zero-order valence-corrected chi connectivity index (χ0v) is 14.6. The number of pyridine rings is 1. The maximum atomic E-state index is 13.1. The minimum absolute atomic E-state index is 0.0883. The first-order chi connectivity index (χ1) is 12.1. The summed E-state index contributed by atoms with van der Waals surface area (Å²) in [5.41, 5.74) is 3.31. The van der Waals surface area contributed by atoms with E-state index in [9.17, 15) is 4.79 Å². The first kappa shape index (κ1) is 15.8. The monoisotopic (exact) mass is 334 g/mol. The van der Waals surface area contributed by atoms with Crippen LogP contribution in [0.2, 0.25) is 0 Å². The molecule has 1 saturated heterocycles. The molecule has 0 unspecified atom stereocenters. The quantitative estimate of drug-likeness (QED) is 0.729. The zero-order chi connectivity index (χ0) is 17.4. The van der Waals surface area contributed by atoms with Gasteiger partial charge in [0.15, 0.2) is 5.65 Å². The van der Waals surface area contributed by atoms with Gasteiger partial charge in [0.1, 0.15) is 0 Å². The van der Waals surface area contributed by atoms with Crippen LogP contribution in [0.15, 0.2) is 42.6 Å². The topological polar surface area (TPSA) is 51.0 Å². The number of carbonyl (C=O) groups excluding carboxylic acids is 1. The molecule has 1 aromatic carbocycles. The van der Waals surface area contributed by atoms with E-state index in [0.717, 1.165) is 48.2 Å². The van der Waals surface area contributed by atoms with Crippen molar-refractivity contribution in [2.24, 2.45) is 0 Å². The average molecular weight is 334 g/mol. The van der Waals surface area contributed by atoms with Gasteiger partial charge in [-0.2, -0.15) is 5.10 Å². The van der Waals surface area contributed by atoms with Crippen molar-refractivity contribution in [3.63, 3.8) is 0 Å². The molecule has 0 N–H and O–H groups in total. The summed E-state index contributed by atoms with van der Waals surface area (Å²) in [6.45, 7) is 5.82. The molecule has 0 bridgehead atoms. The van der Waals surface area contributed by atoms with E-state index in [1.54, 1.807) is 6.20 Å². The summed E-state index contributed by atoms with van der Waals surface area (Å²) in [5, 5.41) is 5.32. The number of likely N-dealkylation sites (tertiary alicyclic amines) is 1. The van der Waals surface area contributed by atoms with Crippen LogP contribution in [0.4, 0.5) is 0 Å². The number of amides is 1. The second-order valence-corrected chi connectivity index (χ2v) is 6.84. The van der Waals surface area contributed by atoms with Crippen LogP contribution in [-0.4, -0.2) is 38.7 Å². The summed E-state index contributed by atoms with van der Waals surface area (Å²) < 4.78 is 1.89. The summed E-state index contributed by atoms with van der Waals surface area (Å²) in [7, 11) is 0. The Morgan fingerprint density at radius 1 is 1.12 bits per heavy atom. The predicted molar refractivity (Wildman–Crippen MR) is 98.5 cm³/mol. The number of rotatable bonds is 3. The molecular weight excluding hydrogens is 312 g/mol. The highest BCUT2D eigenvalue weighted by atomic mass is 16.2. The third kappa shape index (κ3) is 2.80. The van der Waals surface area contributed by atoms with Gasteiger partial charge < -0.3 is 4.90 Å². The van der Waals surface area contributed by atoms with Gasteiger partial charge in [-0.15, -0.1) is 0 Å². The van der Waals surface area contributed by atoms with Crippen molar-refractivity contribution in [1.29, 1.82) is 0 Å². The lowest BCUT2D eigenvalue weighted by molar-refractivity contribution is 0.0794. The fourth-order valence-corrected chi connectivity index (χ4v) is 3.42. The van der Waals surface area contributed by atoms with Crippen LogP contribution in [0.3, 0.4) is 0 Å². The second-order valence-electron chi connectivity index (χ2n) is 6.84.